The second-order valence-corrected chi connectivity index (χ2v) is 6.09. The quantitative estimate of drug-likeness (QED) is 0.576. The fraction of sp³-hybridized carbons (Fsp3) is 0.118. The number of benzene rings is 1. The Kier molecular flexibility index (Phi) is 5.26. The second-order valence-electron chi connectivity index (χ2n) is 5.68. The number of carbonyl (C=O) groups is 1. The van der Waals surface area contributed by atoms with Gasteiger partial charge in [-0.1, -0.05) is 11.6 Å². The zero-order chi connectivity index (χ0) is 21.4. The summed E-state index contributed by atoms with van der Waals surface area (Å²) in [5, 5.41) is 5.62. The van der Waals surface area contributed by atoms with Gasteiger partial charge in [-0.15, -0.1) is 0 Å². The Hall–Kier alpha value is -3.08. The zero-order valence-corrected chi connectivity index (χ0v) is 14.8. The van der Waals surface area contributed by atoms with Gasteiger partial charge < -0.3 is 5.32 Å². The highest BCUT2D eigenvalue weighted by Gasteiger charge is 2.42. The van der Waals surface area contributed by atoms with Crippen molar-refractivity contribution in [2.45, 2.75) is 12.4 Å². The van der Waals surface area contributed by atoms with Crippen molar-refractivity contribution in [2.24, 2.45) is 0 Å². The van der Waals surface area contributed by atoms with Crippen molar-refractivity contribution in [3.05, 3.63) is 70.8 Å². The molecule has 0 saturated carbocycles. The number of amides is 1. The summed E-state index contributed by atoms with van der Waals surface area (Å²) in [6.07, 6.45) is -7.49. The molecule has 0 unspecified atom stereocenters. The molecule has 1 amide bonds. The zero-order valence-electron chi connectivity index (χ0n) is 14.0. The molecule has 1 aromatic carbocycles. The Bertz CT molecular complexity index is 1040. The van der Waals surface area contributed by atoms with Crippen LogP contribution in [-0.4, -0.2) is 20.7 Å². The lowest BCUT2D eigenvalue weighted by Gasteiger charge is -2.11. The number of hydrogen-bond acceptors (Lipinski definition) is 3. The van der Waals surface area contributed by atoms with Gasteiger partial charge in [0, 0.05) is 24.1 Å². The Morgan fingerprint density at radius 2 is 1.66 bits per heavy atom. The van der Waals surface area contributed by atoms with Gasteiger partial charge in [0.1, 0.15) is 5.69 Å². The van der Waals surface area contributed by atoms with Gasteiger partial charge in [-0.3, -0.25) is 9.78 Å². The van der Waals surface area contributed by atoms with Crippen LogP contribution in [0.3, 0.4) is 0 Å². The van der Waals surface area contributed by atoms with E-state index in [-0.39, 0.29) is 32.7 Å². The number of hydrogen-bond donors (Lipinski definition) is 1. The van der Waals surface area contributed by atoms with Gasteiger partial charge in [0.05, 0.1) is 16.3 Å². The van der Waals surface area contributed by atoms with Crippen LogP contribution in [0.15, 0.2) is 48.8 Å². The van der Waals surface area contributed by atoms with E-state index in [1.165, 1.54) is 30.6 Å². The van der Waals surface area contributed by atoms with E-state index in [4.69, 9.17) is 11.6 Å². The van der Waals surface area contributed by atoms with Gasteiger partial charge in [-0.05, 0) is 30.3 Å². The Balaban J connectivity index is 1.90. The standard InChI is InChI=1S/C17H9ClF6N4O/c18-12-5-6-25-8-11(12)15(29)26-9-1-3-10(4-2-9)28-14(17(22,23)24)7-13(27-28)16(19,20)21/h1-8H,(H,26,29). The molecule has 0 radical (unpaired) electrons. The predicted molar refractivity (Wildman–Crippen MR) is 90.8 cm³/mol. The molecular weight excluding hydrogens is 426 g/mol. The van der Waals surface area contributed by atoms with Crippen molar-refractivity contribution < 1.29 is 31.1 Å². The highest BCUT2D eigenvalue weighted by atomic mass is 35.5. The van der Waals surface area contributed by atoms with E-state index in [0.717, 1.165) is 12.1 Å². The largest absolute Gasteiger partial charge is 0.435 e. The van der Waals surface area contributed by atoms with Gasteiger partial charge in [-0.25, -0.2) is 4.68 Å². The van der Waals surface area contributed by atoms with Crippen molar-refractivity contribution in [3.8, 4) is 5.69 Å². The number of anilines is 1. The van der Waals surface area contributed by atoms with E-state index in [9.17, 15) is 31.1 Å². The van der Waals surface area contributed by atoms with Gasteiger partial charge in [0.2, 0.25) is 0 Å². The van der Waals surface area contributed by atoms with Gasteiger partial charge in [0.25, 0.3) is 5.91 Å². The molecule has 0 bridgehead atoms. The first-order valence-corrected chi connectivity index (χ1v) is 8.10. The minimum absolute atomic E-state index is 0.0690. The molecule has 3 aromatic rings. The molecule has 0 atom stereocenters. The van der Waals surface area contributed by atoms with E-state index in [0.29, 0.717) is 0 Å². The molecule has 0 spiro atoms. The van der Waals surface area contributed by atoms with Crippen LogP contribution in [0.1, 0.15) is 21.7 Å². The predicted octanol–water partition coefficient (Wildman–Crippen LogP) is 5.21. The van der Waals surface area contributed by atoms with Crippen LogP contribution >= 0.6 is 11.6 Å². The van der Waals surface area contributed by atoms with Crippen LogP contribution in [-0.2, 0) is 12.4 Å². The van der Waals surface area contributed by atoms with Crippen LogP contribution in [0, 0.1) is 0 Å². The molecule has 1 N–H and O–H groups in total. The summed E-state index contributed by atoms with van der Waals surface area (Å²) < 4.78 is 77.8. The first kappa shape index (κ1) is 20.6. The molecule has 12 heteroatoms. The highest BCUT2D eigenvalue weighted by Crippen LogP contribution is 2.36. The molecule has 3 rings (SSSR count). The number of pyridine rings is 1. The molecule has 29 heavy (non-hydrogen) atoms. The smallest absolute Gasteiger partial charge is 0.322 e. The molecule has 0 aliphatic heterocycles. The Morgan fingerprint density at radius 1 is 1.00 bits per heavy atom. The molecule has 0 aliphatic rings. The van der Waals surface area contributed by atoms with Crippen molar-refractivity contribution in [1.82, 2.24) is 14.8 Å². The number of aromatic nitrogens is 3. The van der Waals surface area contributed by atoms with Gasteiger partial charge in [0.15, 0.2) is 5.69 Å². The third-order valence-electron chi connectivity index (χ3n) is 3.67. The SMILES string of the molecule is O=C(Nc1ccc(-n2nc(C(F)(F)F)cc2C(F)(F)F)cc1)c1cnccc1Cl. The number of halogens is 7. The fourth-order valence-corrected chi connectivity index (χ4v) is 2.54. The third kappa shape index (κ3) is 4.50. The number of rotatable bonds is 3. The van der Waals surface area contributed by atoms with E-state index >= 15 is 0 Å². The first-order chi connectivity index (χ1) is 13.5. The maximum Gasteiger partial charge on any atom is 0.435 e. The van der Waals surface area contributed by atoms with Gasteiger partial charge >= 0.3 is 12.4 Å². The molecule has 2 heterocycles. The summed E-state index contributed by atoms with van der Waals surface area (Å²) in [5.74, 6) is -0.620. The van der Waals surface area contributed by atoms with Crippen molar-refractivity contribution >= 4 is 23.2 Å². The Morgan fingerprint density at radius 3 is 2.21 bits per heavy atom. The minimum Gasteiger partial charge on any atom is -0.322 e. The molecule has 0 saturated heterocycles. The number of nitrogens with zero attached hydrogens (tertiary/aromatic N) is 3. The summed E-state index contributed by atoms with van der Waals surface area (Å²) >= 11 is 5.88. The van der Waals surface area contributed by atoms with Gasteiger partial charge in [-0.2, -0.15) is 31.4 Å². The van der Waals surface area contributed by atoms with Crippen molar-refractivity contribution in [2.75, 3.05) is 5.32 Å². The lowest BCUT2D eigenvalue weighted by atomic mass is 10.2. The molecule has 0 fully saturated rings. The van der Waals surface area contributed by atoms with Crippen LogP contribution in [0.4, 0.5) is 32.0 Å². The molecule has 5 nitrogen and oxygen atoms in total. The lowest BCUT2D eigenvalue weighted by Crippen LogP contribution is -2.14. The fourth-order valence-electron chi connectivity index (χ4n) is 2.35. The Labute approximate surface area is 163 Å². The maximum atomic E-state index is 13.1. The third-order valence-corrected chi connectivity index (χ3v) is 4.00. The minimum atomic E-state index is -5.06. The molecule has 2 aromatic heterocycles. The number of alkyl halides is 6. The number of nitrogens with one attached hydrogen (secondary N) is 1. The van der Waals surface area contributed by atoms with Crippen molar-refractivity contribution in [3.63, 3.8) is 0 Å². The first-order valence-electron chi connectivity index (χ1n) is 7.72. The molecule has 0 aliphatic carbocycles. The summed E-state index contributed by atoms with van der Waals surface area (Å²) in [5.41, 5.74) is -3.28. The monoisotopic (exact) mass is 434 g/mol. The van der Waals surface area contributed by atoms with E-state index in [2.05, 4.69) is 15.4 Å². The summed E-state index contributed by atoms with van der Waals surface area (Å²) in [7, 11) is 0. The number of carbonyl (C=O) groups excluding carboxylic acids is 1. The van der Waals surface area contributed by atoms with Crippen LogP contribution in [0.5, 0.6) is 0 Å². The average molecular weight is 435 g/mol. The second kappa shape index (κ2) is 7.39. The normalized spacial score (nSPS) is 12.1. The van der Waals surface area contributed by atoms with Crippen LogP contribution in [0.25, 0.3) is 5.69 Å². The topological polar surface area (TPSA) is 59.8 Å². The molecule has 152 valence electrons. The lowest BCUT2D eigenvalue weighted by molar-refractivity contribution is -0.143. The summed E-state index contributed by atoms with van der Waals surface area (Å²) in [6, 6.07) is 5.93. The molecular formula is C17H9ClF6N4O. The summed E-state index contributed by atoms with van der Waals surface area (Å²) in [4.78, 5) is 15.9. The van der Waals surface area contributed by atoms with Crippen LogP contribution < -0.4 is 5.32 Å². The highest BCUT2D eigenvalue weighted by molar-refractivity contribution is 6.34. The maximum absolute atomic E-state index is 13.1. The van der Waals surface area contributed by atoms with Crippen LogP contribution in [0.2, 0.25) is 5.02 Å². The summed E-state index contributed by atoms with van der Waals surface area (Å²) in [6.45, 7) is 0. The van der Waals surface area contributed by atoms with E-state index in [1.54, 1.807) is 0 Å². The van der Waals surface area contributed by atoms with E-state index in [1.807, 2.05) is 0 Å². The van der Waals surface area contributed by atoms with E-state index < -0.39 is 29.6 Å². The van der Waals surface area contributed by atoms with Crippen molar-refractivity contribution in [1.29, 1.82) is 0 Å². The average Bonchev–Trinajstić information content (AvgIpc) is 3.09.